The average molecular weight is 228 g/mol. The van der Waals surface area contributed by atoms with Gasteiger partial charge in [-0.05, 0) is 17.6 Å². The van der Waals surface area contributed by atoms with Crippen molar-refractivity contribution in [1.82, 2.24) is 0 Å². The van der Waals surface area contributed by atoms with E-state index in [1.165, 1.54) is 0 Å². The predicted molar refractivity (Wildman–Crippen MR) is 66.5 cm³/mol. The summed E-state index contributed by atoms with van der Waals surface area (Å²) in [6.07, 6.45) is 5.57. The first-order valence-electron chi connectivity index (χ1n) is 5.41. The van der Waals surface area contributed by atoms with Gasteiger partial charge in [-0.3, -0.25) is 0 Å². The van der Waals surface area contributed by atoms with E-state index in [0.717, 1.165) is 11.1 Å². The molecule has 0 amide bonds. The summed E-state index contributed by atoms with van der Waals surface area (Å²) in [4.78, 5) is 21.2. The highest BCUT2D eigenvalue weighted by atomic mass is 16.3. The summed E-state index contributed by atoms with van der Waals surface area (Å²) >= 11 is 0. The number of hydrogen-bond acceptors (Lipinski definition) is 4. The maximum absolute atomic E-state index is 10.7. The zero-order valence-electron chi connectivity index (χ0n) is 9.19. The first-order chi connectivity index (χ1) is 8.33. The lowest BCUT2D eigenvalue weighted by molar-refractivity contribution is 0.828. The van der Waals surface area contributed by atoms with Gasteiger partial charge in [-0.1, -0.05) is 58.9 Å². The molecule has 0 aromatic heterocycles. The van der Waals surface area contributed by atoms with Crippen LogP contribution in [0.4, 0.5) is 0 Å². The van der Waals surface area contributed by atoms with Gasteiger partial charge in [0.1, 0.15) is 12.1 Å². The molecule has 4 nitrogen and oxygen atoms in total. The Kier molecular flexibility index (Phi) is 3.55. The van der Waals surface area contributed by atoms with E-state index in [2.05, 4.69) is 10.4 Å². The van der Waals surface area contributed by atoms with Gasteiger partial charge < -0.3 is 0 Å². The number of rotatable bonds is 4. The van der Waals surface area contributed by atoms with Crippen molar-refractivity contribution in [2.75, 3.05) is 0 Å². The number of hydrogen-bond donors (Lipinski definition) is 0. The zero-order valence-corrected chi connectivity index (χ0v) is 9.19. The molecule has 0 fully saturated rings. The van der Waals surface area contributed by atoms with Crippen molar-refractivity contribution in [1.29, 1.82) is 0 Å². The van der Waals surface area contributed by atoms with E-state index in [0.29, 0.717) is 6.42 Å². The largest absolute Gasteiger partial charge is 0.150 e. The van der Waals surface area contributed by atoms with Crippen LogP contribution in [-0.4, -0.2) is 12.1 Å². The van der Waals surface area contributed by atoms with Gasteiger partial charge in [-0.2, -0.15) is 0 Å². The first-order valence-corrected chi connectivity index (χ1v) is 5.41. The van der Waals surface area contributed by atoms with E-state index in [4.69, 9.17) is 0 Å². The van der Waals surface area contributed by atoms with E-state index in [1.54, 1.807) is 18.2 Å². The molecule has 1 aliphatic rings. The first kappa shape index (κ1) is 11.4. The molecule has 2 rings (SSSR count). The van der Waals surface area contributed by atoms with Crippen LogP contribution < -0.4 is 0 Å². The molecule has 0 saturated carbocycles. The lowest BCUT2D eigenvalue weighted by Gasteiger charge is -2.15. The van der Waals surface area contributed by atoms with Gasteiger partial charge in [0.05, 0.1) is 0 Å². The van der Waals surface area contributed by atoms with Crippen molar-refractivity contribution in [2.45, 2.75) is 18.5 Å². The highest BCUT2D eigenvalue weighted by molar-refractivity contribution is 5.33. The third kappa shape index (κ3) is 2.72. The molecule has 0 N–H and O–H groups in total. The second-order valence-electron chi connectivity index (χ2n) is 3.94. The van der Waals surface area contributed by atoms with Gasteiger partial charge in [0.15, 0.2) is 0 Å². The number of benzene rings is 1. The van der Waals surface area contributed by atoms with Gasteiger partial charge in [-0.25, -0.2) is 0 Å². The fraction of sp³-hybridized carbons (Fsp3) is 0.231. The molecule has 2 atom stereocenters. The molecule has 1 aliphatic carbocycles. The smallest absolute Gasteiger partial charge is 0.132 e. The predicted octanol–water partition coefficient (Wildman–Crippen LogP) is 3.00. The summed E-state index contributed by atoms with van der Waals surface area (Å²) in [5, 5.41) is 6.00. The summed E-state index contributed by atoms with van der Waals surface area (Å²) in [7, 11) is 0. The Bertz CT molecular complexity index is 466. The van der Waals surface area contributed by atoms with Crippen LogP contribution >= 0.6 is 0 Å². The minimum atomic E-state index is -0.480. The van der Waals surface area contributed by atoms with Crippen LogP contribution in [0.2, 0.25) is 0 Å². The Labute approximate surface area is 99.0 Å². The molecule has 17 heavy (non-hydrogen) atoms. The summed E-state index contributed by atoms with van der Waals surface area (Å²) in [5.41, 5.74) is 1.92. The second-order valence-corrected chi connectivity index (χ2v) is 3.94. The van der Waals surface area contributed by atoms with Crippen LogP contribution in [0.5, 0.6) is 0 Å². The Balaban J connectivity index is 2.20. The Morgan fingerprint density at radius 1 is 1.00 bits per heavy atom. The van der Waals surface area contributed by atoms with E-state index in [1.807, 2.05) is 30.3 Å². The third-order valence-corrected chi connectivity index (χ3v) is 2.74. The summed E-state index contributed by atoms with van der Waals surface area (Å²) in [5.74, 6) is 0. The van der Waals surface area contributed by atoms with E-state index >= 15 is 0 Å². The van der Waals surface area contributed by atoms with Crippen molar-refractivity contribution >= 4 is 0 Å². The normalized spacial score (nSPS) is 22.9. The molecular weight excluding hydrogens is 216 g/mol. The second kappa shape index (κ2) is 5.30. The average Bonchev–Trinajstić information content (AvgIpc) is 2.40. The topological polar surface area (TPSA) is 58.9 Å². The van der Waals surface area contributed by atoms with Gasteiger partial charge in [0, 0.05) is 0 Å². The Morgan fingerprint density at radius 3 is 2.41 bits per heavy atom. The molecule has 0 radical (unpaired) electrons. The van der Waals surface area contributed by atoms with Crippen molar-refractivity contribution in [3.05, 3.63) is 69.5 Å². The van der Waals surface area contributed by atoms with Crippen molar-refractivity contribution in [3.8, 4) is 0 Å². The standard InChI is InChI=1S/C13H12N2O2/c16-14-12-6-7-13(15-17)11(9-12)8-10-4-2-1-3-5-10/h1-7,9,12-13H,8H2. The molecule has 0 spiro atoms. The van der Waals surface area contributed by atoms with Gasteiger partial charge >= 0.3 is 0 Å². The summed E-state index contributed by atoms with van der Waals surface area (Å²) in [6.45, 7) is 0. The van der Waals surface area contributed by atoms with Gasteiger partial charge in [0.25, 0.3) is 0 Å². The maximum atomic E-state index is 10.7. The van der Waals surface area contributed by atoms with Crippen LogP contribution in [0, 0.1) is 9.81 Å². The minimum absolute atomic E-state index is 0.479. The quantitative estimate of drug-likeness (QED) is 0.587. The minimum Gasteiger partial charge on any atom is -0.150 e. The molecule has 2 unspecified atom stereocenters. The fourth-order valence-corrected chi connectivity index (χ4v) is 1.88. The molecular formula is C13H12N2O2. The number of nitroso groups, excluding NO2 is 2. The third-order valence-electron chi connectivity index (χ3n) is 2.74. The SMILES string of the molecule is O=NC1C=CC(N=O)C(Cc2ccccc2)=C1. The van der Waals surface area contributed by atoms with E-state index in [-0.39, 0.29) is 0 Å². The van der Waals surface area contributed by atoms with E-state index in [9.17, 15) is 9.81 Å². The monoisotopic (exact) mass is 228 g/mol. The van der Waals surface area contributed by atoms with Crippen LogP contribution in [0.15, 0.2) is 64.5 Å². The Hall–Kier alpha value is -2.10. The van der Waals surface area contributed by atoms with Crippen LogP contribution in [0.1, 0.15) is 5.56 Å². The van der Waals surface area contributed by atoms with Crippen molar-refractivity contribution in [2.24, 2.45) is 10.4 Å². The highest BCUT2D eigenvalue weighted by Gasteiger charge is 2.19. The fourth-order valence-electron chi connectivity index (χ4n) is 1.88. The molecule has 86 valence electrons. The van der Waals surface area contributed by atoms with Gasteiger partial charge in [0.2, 0.25) is 0 Å². The lowest BCUT2D eigenvalue weighted by Crippen LogP contribution is -2.15. The lowest BCUT2D eigenvalue weighted by atomic mass is 9.93. The molecule has 0 bridgehead atoms. The van der Waals surface area contributed by atoms with Gasteiger partial charge in [-0.15, -0.1) is 9.81 Å². The number of nitrogens with zero attached hydrogens (tertiary/aromatic N) is 2. The maximum Gasteiger partial charge on any atom is 0.132 e. The summed E-state index contributed by atoms with van der Waals surface area (Å²) in [6, 6.07) is 8.80. The molecule has 4 heteroatoms. The Morgan fingerprint density at radius 2 is 1.76 bits per heavy atom. The summed E-state index contributed by atoms with van der Waals surface area (Å²) < 4.78 is 0. The molecule has 1 aromatic rings. The molecule has 0 heterocycles. The van der Waals surface area contributed by atoms with Crippen molar-refractivity contribution in [3.63, 3.8) is 0 Å². The van der Waals surface area contributed by atoms with Crippen LogP contribution in [0.3, 0.4) is 0 Å². The van der Waals surface area contributed by atoms with Crippen molar-refractivity contribution < 1.29 is 0 Å². The molecule has 1 aromatic carbocycles. The molecule has 0 saturated heterocycles. The van der Waals surface area contributed by atoms with E-state index < -0.39 is 12.1 Å². The highest BCUT2D eigenvalue weighted by Crippen LogP contribution is 2.21. The zero-order chi connectivity index (χ0) is 12.1. The molecule has 0 aliphatic heterocycles. The van der Waals surface area contributed by atoms with Crippen LogP contribution in [-0.2, 0) is 6.42 Å². The van der Waals surface area contributed by atoms with Crippen LogP contribution in [0.25, 0.3) is 0 Å².